The zero-order valence-corrected chi connectivity index (χ0v) is 22.1. The average Bonchev–Trinajstić information content (AvgIpc) is 3.17. The minimum atomic E-state index is -3.53. The molecule has 0 aromatic heterocycles. The van der Waals surface area contributed by atoms with Gasteiger partial charge in [-0.25, -0.2) is 8.42 Å². The molecular weight excluding hydrogens is 492 g/mol. The number of nitrogens with one attached hydrogen (secondary N) is 2. The number of carbonyl (C=O) groups is 3. The molecule has 10 heteroatoms. The molecule has 2 aromatic rings. The fourth-order valence-corrected chi connectivity index (χ4v) is 5.53. The minimum absolute atomic E-state index is 0.125. The van der Waals surface area contributed by atoms with Gasteiger partial charge in [0.2, 0.25) is 27.7 Å². The number of amides is 3. The maximum atomic E-state index is 12.9. The first-order valence-electron chi connectivity index (χ1n) is 12.4. The predicted molar refractivity (Wildman–Crippen MR) is 144 cm³/mol. The molecule has 0 bridgehead atoms. The van der Waals surface area contributed by atoms with E-state index in [-0.39, 0.29) is 29.2 Å². The van der Waals surface area contributed by atoms with Crippen molar-refractivity contribution < 1.29 is 22.8 Å². The van der Waals surface area contributed by atoms with E-state index in [0.717, 1.165) is 25.7 Å². The molecule has 3 rings (SSSR count). The van der Waals surface area contributed by atoms with Crippen LogP contribution in [0.5, 0.6) is 0 Å². The van der Waals surface area contributed by atoms with Gasteiger partial charge in [-0.3, -0.25) is 14.4 Å². The van der Waals surface area contributed by atoms with Crippen LogP contribution in [0.1, 0.15) is 45.1 Å². The monoisotopic (exact) mass is 526 g/mol. The molecule has 1 aliphatic rings. The highest BCUT2D eigenvalue weighted by Gasteiger charge is 2.24. The van der Waals surface area contributed by atoms with E-state index in [0.29, 0.717) is 36.6 Å². The van der Waals surface area contributed by atoms with Gasteiger partial charge >= 0.3 is 0 Å². The van der Waals surface area contributed by atoms with E-state index in [9.17, 15) is 22.8 Å². The zero-order chi connectivity index (χ0) is 26.8. The van der Waals surface area contributed by atoms with Crippen LogP contribution in [0, 0.1) is 0 Å². The normalized spacial score (nSPS) is 14.6. The van der Waals surface area contributed by atoms with Gasteiger partial charge in [0.05, 0.1) is 4.90 Å². The van der Waals surface area contributed by atoms with Gasteiger partial charge in [0.15, 0.2) is 0 Å². The van der Waals surface area contributed by atoms with Crippen LogP contribution in [0.15, 0.2) is 59.5 Å². The SMILES string of the molecule is CCN(CC(=O)Nc1ccc(NC(C)=O)cc1)C(=O)/C=C/c1ccc(S(=O)(=O)N2CCCCCC2)cc1. The number of likely N-dealkylation sites (N-methyl/N-ethyl adjacent to an activating group) is 1. The molecule has 0 unspecified atom stereocenters. The van der Waals surface area contributed by atoms with Crippen molar-refractivity contribution in [3.8, 4) is 0 Å². The number of anilines is 2. The maximum Gasteiger partial charge on any atom is 0.247 e. The fourth-order valence-electron chi connectivity index (χ4n) is 4.01. The number of hydrogen-bond donors (Lipinski definition) is 2. The molecule has 198 valence electrons. The highest BCUT2D eigenvalue weighted by Crippen LogP contribution is 2.21. The summed E-state index contributed by atoms with van der Waals surface area (Å²) in [6.45, 7) is 4.50. The van der Waals surface area contributed by atoms with Gasteiger partial charge in [0.1, 0.15) is 6.54 Å². The Morgan fingerprint density at radius 3 is 2.00 bits per heavy atom. The topological polar surface area (TPSA) is 116 Å². The van der Waals surface area contributed by atoms with Crippen LogP contribution in [0.4, 0.5) is 11.4 Å². The third-order valence-electron chi connectivity index (χ3n) is 6.02. The first-order chi connectivity index (χ1) is 17.7. The van der Waals surface area contributed by atoms with E-state index in [2.05, 4.69) is 10.6 Å². The lowest BCUT2D eigenvalue weighted by atomic mass is 10.2. The molecular formula is C27H34N4O5S. The van der Waals surface area contributed by atoms with E-state index in [1.807, 2.05) is 0 Å². The number of hydrogen-bond acceptors (Lipinski definition) is 5. The Kier molecular flexibility index (Phi) is 9.99. The third-order valence-corrected chi connectivity index (χ3v) is 7.93. The Morgan fingerprint density at radius 2 is 1.46 bits per heavy atom. The number of benzene rings is 2. The van der Waals surface area contributed by atoms with Gasteiger partial charge in [-0.2, -0.15) is 4.31 Å². The second-order valence-corrected chi connectivity index (χ2v) is 10.8. The molecule has 0 saturated carbocycles. The summed E-state index contributed by atoms with van der Waals surface area (Å²) in [7, 11) is -3.53. The van der Waals surface area contributed by atoms with Crippen LogP contribution in [0.25, 0.3) is 6.08 Å². The summed E-state index contributed by atoms with van der Waals surface area (Å²) in [6, 6.07) is 13.1. The van der Waals surface area contributed by atoms with Crippen LogP contribution in [0.2, 0.25) is 0 Å². The van der Waals surface area contributed by atoms with Crippen molar-refractivity contribution in [1.29, 1.82) is 0 Å². The van der Waals surface area contributed by atoms with Crippen molar-refractivity contribution in [3.63, 3.8) is 0 Å². The fraction of sp³-hybridized carbons (Fsp3) is 0.370. The highest BCUT2D eigenvalue weighted by molar-refractivity contribution is 7.89. The van der Waals surface area contributed by atoms with Crippen LogP contribution >= 0.6 is 0 Å². The van der Waals surface area contributed by atoms with Gasteiger partial charge in [0.25, 0.3) is 0 Å². The van der Waals surface area contributed by atoms with Crippen molar-refractivity contribution >= 4 is 45.2 Å². The van der Waals surface area contributed by atoms with Crippen molar-refractivity contribution in [1.82, 2.24) is 9.21 Å². The van der Waals surface area contributed by atoms with E-state index in [1.165, 1.54) is 17.9 Å². The van der Waals surface area contributed by atoms with Crippen molar-refractivity contribution in [2.75, 3.05) is 36.8 Å². The quantitative estimate of drug-likeness (QED) is 0.483. The van der Waals surface area contributed by atoms with Crippen molar-refractivity contribution in [3.05, 3.63) is 60.2 Å². The average molecular weight is 527 g/mol. The first-order valence-corrected chi connectivity index (χ1v) is 13.9. The van der Waals surface area contributed by atoms with Crippen molar-refractivity contribution in [2.45, 2.75) is 44.4 Å². The molecule has 2 aromatic carbocycles. The van der Waals surface area contributed by atoms with Crippen LogP contribution in [0.3, 0.4) is 0 Å². The predicted octanol–water partition coefficient (Wildman–Crippen LogP) is 3.71. The standard InChI is InChI=1S/C27H34N4O5S/c1-3-30(20-26(33)29-24-13-11-23(12-14-24)28-21(2)32)27(34)17-10-22-8-15-25(16-9-22)37(35,36)31-18-6-4-5-7-19-31/h8-17H,3-7,18-20H2,1-2H3,(H,28,32)(H,29,33)/b17-10+. The van der Waals surface area contributed by atoms with Gasteiger partial charge in [-0.15, -0.1) is 0 Å². The van der Waals surface area contributed by atoms with Gasteiger partial charge in [-0.1, -0.05) is 25.0 Å². The molecule has 1 heterocycles. The molecule has 37 heavy (non-hydrogen) atoms. The van der Waals surface area contributed by atoms with Gasteiger partial charge < -0.3 is 15.5 Å². The summed E-state index contributed by atoms with van der Waals surface area (Å²) in [5, 5.41) is 5.39. The van der Waals surface area contributed by atoms with Crippen LogP contribution < -0.4 is 10.6 Å². The molecule has 0 radical (unpaired) electrons. The number of nitrogens with zero attached hydrogens (tertiary/aromatic N) is 2. The summed E-state index contributed by atoms with van der Waals surface area (Å²) in [5.41, 5.74) is 1.85. The summed E-state index contributed by atoms with van der Waals surface area (Å²) >= 11 is 0. The number of sulfonamides is 1. The second-order valence-electron chi connectivity index (χ2n) is 8.88. The smallest absolute Gasteiger partial charge is 0.247 e. The number of rotatable bonds is 9. The Morgan fingerprint density at radius 1 is 0.892 bits per heavy atom. The summed E-state index contributed by atoms with van der Waals surface area (Å²) in [4.78, 5) is 37.9. The summed E-state index contributed by atoms with van der Waals surface area (Å²) < 4.78 is 27.4. The van der Waals surface area contributed by atoms with Crippen LogP contribution in [-0.4, -0.2) is 61.5 Å². The number of carbonyl (C=O) groups excluding carboxylic acids is 3. The lowest BCUT2D eigenvalue weighted by Crippen LogP contribution is -2.36. The summed E-state index contributed by atoms with van der Waals surface area (Å²) in [6.07, 6.45) is 6.82. The first kappa shape index (κ1) is 28.1. The van der Waals surface area contributed by atoms with Gasteiger partial charge in [-0.05, 0) is 67.8 Å². The molecule has 3 amide bonds. The van der Waals surface area contributed by atoms with E-state index >= 15 is 0 Å². The Bertz CT molecular complexity index is 1220. The highest BCUT2D eigenvalue weighted by atomic mass is 32.2. The van der Waals surface area contributed by atoms with Gasteiger partial charge in [0, 0.05) is 44.0 Å². The molecule has 1 fully saturated rings. The Hall–Kier alpha value is -3.50. The van der Waals surface area contributed by atoms with E-state index in [4.69, 9.17) is 0 Å². The summed E-state index contributed by atoms with van der Waals surface area (Å²) in [5.74, 6) is -0.866. The van der Waals surface area contributed by atoms with E-state index < -0.39 is 10.0 Å². The van der Waals surface area contributed by atoms with Crippen molar-refractivity contribution in [2.24, 2.45) is 0 Å². The Labute approximate surface area is 218 Å². The molecule has 0 spiro atoms. The second kappa shape index (κ2) is 13.2. The largest absolute Gasteiger partial charge is 0.330 e. The molecule has 9 nitrogen and oxygen atoms in total. The Balaban J connectivity index is 1.56. The molecule has 2 N–H and O–H groups in total. The molecule has 0 atom stereocenters. The molecule has 1 aliphatic heterocycles. The zero-order valence-electron chi connectivity index (χ0n) is 21.3. The lowest BCUT2D eigenvalue weighted by Gasteiger charge is -2.20. The minimum Gasteiger partial charge on any atom is -0.330 e. The lowest BCUT2D eigenvalue weighted by molar-refractivity contribution is -0.130. The van der Waals surface area contributed by atoms with E-state index in [1.54, 1.807) is 65.8 Å². The third kappa shape index (κ3) is 8.26. The molecule has 0 aliphatic carbocycles. The van der Waals surface area contributed by atoms with Crippen LogP contribution in [-0.2, 0) is 24.4 Å². The maximum absolute atomic E-state index is 12.9. The molecule has 1 saturated heterocycles.